The minimum Gasteiger partial charge on any atom is -0.489 e. The quantitative estimate of drug-likeness (QED) is 0.695. The number of rotatable bonds is 4. The van der Waals surface area contributed by atoms with Crippen molar-refractivity contribution >= 4 is 15.9 Å². The number of ether oxygens (including phenoxy) is 1. The second-order valence-corrected chi connectivity index (χ2v) is 5.61. The van der Waals surface area contributed by atoms with E-state index in [0.29, 0.717) is 11.9 Å². The van der Waals surface area contributed by atoms with Gasteiger partial charge in [0.25, 0.3) is 0 Å². The van der Waals surface area contributed by atoms with Gasteiger partial charge in [-0.2, -0.15) is 0 Å². The van der Waals surface area contributed by atoms with Crippen molar-refractivity contribution in [3.8, 4) is 5.75 Å². The summed E-state index contributed by atoms with van der Waals surface area (Å²) in [6, 6.07) is 8.92. The Hall–Kier alpha value is -1.35. The van der Waals surface area contributed by atoms with Gasteiger partial charge in [-0.3, -0.25) is 0 Å². The van der Waals surface area contributed by atoms with Crippen molar-refractivity contribution in [3.63, 3.8) is 0 Å². The molecule has 2 aromatic carbocycles. The number of halogens is 2. The maximum atomic E-state index is 13.2. The Morgan fingerprint density at radius 3 is 2.30 bits per heavy atom. The van der Waals surface area contributed by atoms with Gasteiger partial charge >= 0.3 is 0 Å². The molecule has 0 bridgehead atoms. The summed E-state index contributed by atoms with van der Waals surface area (Å²) in [6.45, 7) is 6.78. The van der Waals surface area contributed by atoms with Gasteiger partial charge in [0.05, 0.1) is 0 Å². The second-order valence-electron chi connectivity index (χ2n) is 5.05. The van der Waals surface area contributed by atoms with Crippen LogP contribution in [0.2, 0.25) is 0 Å². The van der Waals surface area contributed by atoms with Gasteiger partial charge in [0.15, 0.2) is 0 Å². The van der Waals surface area contributed by atoms with Crippen LogP contribution in [-0.2, 0) is 11.9 Å². The van der Waals surface area contributed by atoms with E-state index in [2.05, 4.69) is 48.8 Å². The van der Waals surface area contributed by atoms with Crippen molar-refractivity contribution in [3.05, 3.63) is 64.0 Å². The van der Waals surface area contributed by atoms with E-state index in [1.54, 1.807) is 6.07 Å². The van der Waals surface area contributed by atoms with E-state index < -0.39 is 0 Å². The third-order valence-electron chi connectivity index (χ3n) is 3.38. The molecule has 0 fully saturated rings. The lowest BCUT2D eigenvalue weighted by atomic mass is 10.0. The van der Waals surface area contributed by atoms with Crippen LogP contribution in [-0.4, -0.2) is 0 Å². The van der Waals surface area contributed by atoms with Crippen molar-refractivity contribution in [2.24, 2.45) is 0 Å². The largest absolute Gasteiger partial charge is 0.489 e. The van der Waals surface area contributed by atoms with Gasteiger partial charge in [0.1, 0.15) is 18.2 Å². The normalized spacial score (nSPS) is 10.7. The maximum absolute atomic E-state index is 13.2. The summed E-state index contributed by atoms with van der Waals surface area (Å²) in [7, 11) is 0. The Kier molecular flexibility index (Phi) is 4.81. The zero-order valence-corrected chi connectivity index (χ0v) is 13.6. The fourth-order valence-electron chi connectivity index (χ4n) is 2.38. The second kappa shape index (κ2) is 6.40. The molecular formula is C17H18BrFO. The van der Waals surface area contributed by atoms with Crippen LogP contribution < -0.4 is 4.74 Å². The van der Waals surface area contributed by atoms with E-state index in [9.17, 15) is 4.39 Å². The fourth-order valence-corrected chi connectivity index (χ4v) is 2.82. The van der Waals surface area contributed by atoms with Crippen LogP contribution in [0.1, 0.15) is 27.8 Å². The zero-order chi connectivity index (χ0) is 14.7. The minimum atomic E-state index is -0.241. The van der Waals surface area contributed by atoms with Crippen LogP contribution >= 0.6 is 15.9 Å². The first-order chi connectivity index (χ1) is 9.51. The minimum absolute atomic E-state index is 0.241. The highest BCUT2D eigenvalue weighted by Gasteiger charge is 2.08. The molecule has 2 aromatic rings. The fraction of sp³-hybridized carbons (Fsp3) is 0.294. The molecule has 0 radical (unpaired) electrons. The lowest BCUT2D eigenvalue weighted by molar-refractivity contribution is 0.302. The van der Waals surface area contributed by atoms with E-state index in [0.717, 1.165) is 11.3 Å². The maximum Gasteiger partial charge on any atom is 0.124 e. The van der Waals surface area contributed by atoms with Crippen LogP contribution in [0.15, 0.2) is 30.3 Å². The molecular weight excluding hydrogens is 319 g/mol. The molecule has 0 aliphatic rings. The number of aryl methyl sites for hydroxylation is 3. The molecule has 0 unspecified atom stereocenters. The summed E-state index contributed by atoms with van der Waals surface area (Å²) in [4.78, 5) is 0. The average molecular weight is 337 g/mol. The third kappa shape index (κ3) is 3.40. The van der Waals surface area contributed by atoms with E-state index >= 15 is 0 Å². The third-order valence-corrected chi connectivity index (χ3v) is 3.98. The first kappa shape index (κ1) is 15.0. The highest BCUT2D eigenvalue weighted by molar-refractivity contribution is 9.08. The van der Waals surface area contributed by atoms with Gasteiger partial charge in [0.2, 0.25) is 0 Å². The molecule has 20 heavy (non-hydrogen) atoms. The molecule has 0 N–H and O–H groups in total. The Labute approximate surface area is 127 Å². The van der Waals surface area contributed by atoms with Crippen molar-refractivity contribution in [1.82, 2.24) is 0 Å². The Morgan fingerprint density at radius 1 is 1.05 bits per heavy atom. The van der Waals surface area contributed by atoms with Crippen LogP contribution in [0, 0.1) is 26.6 Å². The van der Waals surface area contributed by atoms with Crippen LogP contribution in [0.4, 0.5) is 4.39 Å². The summed E-state index contributed by atoms with van der Waals surface area (Å²) in [6.07, 6.45) is 0. The lowest BCUT2D eigenvalue weighted by Gasteiger charge is -2.14. The van der Waals surface area contributed by atoms with E-state index in [4.69, 9.17) is 4.74 Å². The molecule has 106 valence electrons. The molecule has 0 amide bonds. The lowest BCUT2D eigenvalue weighted by Crippen LogP contribution is -2.03. The van der Waals surface area contributed by atoms with Gasteiger partial charge in [-0.05, 0) is 55.7 Å². The van der Waals surface area contributed by atoms with Crippen LogP contribution in [0.5, 0.6) is 5.75 Å². The SMILES string of the molecule is Cc1cc(C)c(COc2ccc(F)cc2CBr)c(C)c1. The predicted octanol–water partition coefficient (Wildman–Crippen LogP) is 5.22. The van der Waals surface area contributed by atoms with E-state index in [-0.39, 0.29) is 5.82 Å². The van der Waals surface area contributed by atoms with Gasteiger partial charge in [-0.25, -0.2) is 4.39 Å². The summed E-state index contributed by atoms with van der Waals surface area (Å²) in [5, 5.41) is 0.575. The molecule has 2 rings (SSSR count). The van der Waals surface area contributed by atoms with E-state index in [1.807, 2.05) is 0 Å². The number of alkyl halides is 1. The molecule has 0 spiro atoms. The zero-order valence-electron chi connectivity index (χ0n) is 12.0. The predicted molar refractivity (Wildman–Crippen MR) is 84.0 cm³/mol. The van der Waals surface area contributed by atoms with Crippen LogP contribution in [0.25, 0.3) is 0 Å². The monoisotopic (exact) mass is 336 g/mol. The topological polar surface area (TPSA) is 9.23 Å². The highest BCUT2D eigenvalue weighted by Crippen LogP contribution is 2.25. The molecule has 0 saturated carbocycles. The Balaban J connectivity index is 2.21. The van der Waals surface area contributed by atoms with Gasteiger partial charge in [-0.15, -0.1) is 0 Å². The molecule has 0 aliphatic carbocycles. The first-order valence-corrected chi connectivity index (χ1v) is 7.67. The van der Waals surface area contributed by atoms with Crippen LogP contribution in [0.3, 0.4) is 0 Å². The first-order valence-electron chi connectivity index (χ1n) is 6.55. The molecule has 0 heterocycles. The number of hydrogen-bond donors (Lipinski definition) is 0. The highest BCUT2D eigenvalue weighted by atomic mass is 79.9. The molecule has 0 aliphatic heterocycles. The summed E-state index contributed by atoms with van der Waals surface area (Å²) in [5.41, 5.74) is 5.73. The number of benzene rings is 2. The van der Waals surface area contributed by atoms with Gasteiger partial charge in [-0.1, -0.05) is 33.6 Å². The van der Waals surface area contributed by atoms with Crippen molar-refractivity contribution in [2.45, 2.75) is 32.7 Å². The molecule has 0 atom stereocenters. The molecule has 0 aromatic heterocycles. The summed E-state index contributed by atoms with van der Waals surface area (Å²) >= 11 is 3.36. The van der Waals surface area contributed by atoms with Crippen molar-refractivity contribution in [1.29, 1.82) is 0 Å². The van der Waals surface area contributed by atoms with Gasteiger partial charge in [0, 0.05) is 10.9 Å². The average Bonchev–Trinajstić information content (AvgIpc) is 2.38. The molecule has 1 nitrogen and oxygen atoms in total. The van der Waals surface area contributed by atoms with E-state index in [1.165, 1.54) is 34.4 Å². The molecule has 0 saturated heterocycles. The standard InChI is InChI=1S/C17H18BrFO/c1-11-6-12(2)16(13(3)7-11)10-20-17-5-4-15(19)8-14(17)9-18/h4-8H,9-10H2,1-3H3. The summed E-state index contributed by atoms with van der Waals surface area (Å²) in [5.74, 6) is 0.483. The van der Waals surface area contributed by atoms with Gasteiger partial charge < -0.3 is 4.74 Å². The Morgan fingerprint density at radius 2 is 1.70 bits per heavy atom. The van der Waals surface area contributed by atoms with Crippen molar-refractivity contribution in [2.75, 3.05) is 0 Å². The molecule has 3 heteroatoms. The summed E-state index contributed by atoms with van der Waals surface area (Å²) < 4.78 is 19.1. The van der Waals surface area contributed by atoms with Crippen molar-refractivity contribution < 1.29 is 9.13 Å². The Bertz CT molecular complexity index is 599. The number of hydrogen-bond acceptors (Lipinski definition) is 1. The smallest absolute Gasteiger partial charge is 0.124 e.